The zero-order valence-corrected chi connectivity index (χ0v) is 17.7. The van der Waals surface area contributed by atoms with Gasteiger partial charge in [0.2, 0.25) is 5.91 Å². The number of rotatable bonds is 6. The van der Waals surface area contributed by atoms with Crippen LogP contribution in [-0.2, 0) is 4.79 Å². The predicted molar refractivity (Wildman–Crippen MR) is 126 cm³/mol. The summed E-state index contributed by atoms with van der Waals surface area (Å²) in [5.41, 5.74) is 2.41. The van der Waals surface area contributed by atoms with Gasteiger partial charge in [0.1, 0.15) is 5.75 Å². The number of phenolic OH excluding ortho intramolecular Hbond substituents is 1. The number of carbonyl (C=O) groups is 2. The highest BCUT2D eigenvalue weighted by atomic mass is 16.3. The van der Waals surface area contributed by atoms with E-state index in [2.05, 4.69) is 20.4 Å². The van der Waals surface area contributed by atoms with Crippen molar-refractivity contribution in [3.8, 4) is 5.75 Å². The Kier molecular flexibility index (Phi) is 6.67. The van der Waals surface area contributed by atoms with Gasteiger partial charge in [0.15, 0.2) is 0 Å². The van der Waals surface area contributed by atoms with E-state index in [4.69, 9.17) is 0 Å². The molecule has 1 heterocycles. The van der Waals surface area contributed by atoms with Gasteiger partial charge in [0, 0.05) is 31.9 Å². The minimum Gasteiger partial charge on any atom is -0.506 e. The monoisotopic (exact) mass is 430 g/mol. The van der Waals surface area contributed by atoms with Crippen LogP contribution in [0.1, 0.15) is 10.4 Å². The Hall–Kier alpha value is -3.84. The van der Waals surface area contributed by atoms with E-state index < -0.39 is 0 Å². The quantitative estimate of drug-likeness (QED) is 0.558. The van der Waals surface area contributed by atoms with E-state index in [-0.39, 0.29) is 24.1 Å². The SMILES string of the molecule is O=C(CN1CCN(c2ccccc2O)CC1)Nc1ccccc1C(=O)Nc1ccccc1. The molecule has 3 aromatic rings. The molecular weight excluding hydrogens is 404 g/mol. The Morgan fingerprint density at radius 1 is 0.781 bits per heavy atom. The lowest BCUT2D eigenvalue weighted by molar-refractivity contribution is -0.117. The van der Waals surface area contributed by atoms with Gasteiger partial charge < -0.3 is 20.6 Å². The highest BCUT2D eigenvalue weighted by Gasteiger charge is 2.21. The van der Waals surface area contributed by atoms with Crippen molar-refractivity contribution in [1.29, 1.82) is 0 Å². The van der Waals surface area contributed by atoms with E-state index in [1.54, 1.807) is 36.4 Å². The first kappa shape index (κ1) is 21.4. The van der Waals surface area contributed by atoms with Gasteiger partial charge >= 0.3 is 0 Å². The molecule has 0 bridgehead atoms. The minimum absolute atomic E-state index is 0.166. The molecule has 3 aromatic carbocycles. The number of phenols is 1. The lowest BCUT2D eigenvalue weighted by atomic mass is 10.1. The molecule has 1 aliphatic rings. The van der Waals surface area contributed by atoms with Crippen LogP contribution in [-0.4, -0.2) is 54.5 Å². The van der Waals surface area contributed by atoms with Gasteiger partial charge in [-0.2, -0.15) is 0 Å². The number of piperazine rings is 1. The molecule has 0 saturated carbocycles. The van der Waals surface area contributed by atoms with Crippen LogP contribution in [0.15, 0.2) is 78.9 Å². The first-order chi connectivity index (χ1) is 15.6. The topological polar surface area (TPSA) is 84.9 Å². The van der Waals surface area contributed by atoms with Gasteiger partial charge in [-0.15, -0.1) is 0 Å². The van der Waals surface area contributed by atoms with Gasteiger partial charge in [-0.05, 0) is 36.4 Å². The van der Waals surface area contributed by atoms with Crippen molar-refractivity contribution in [3.63, 3.8) is 0 Å². The average molecular weight is 431 g/mol. The standard InChI is InChI=1S/C25H26N4O3/c30-23-13-7-6-12-22(23)29-16-14-28(15-17-29)18-24(31)27-21-11-5-4-10-20(21)25(32)26-19-8-2-1-3-9-19/h1-13,30H,14-18H2,(H,26,32)(H,27,31). The fraction of sp³-hybridized carbons (Fsp3) is 0.200. The second-order valence-corrected chi connectivity index (χ2v) is 7.67. The number of amides is 2. The molecule has 1 fully saturated rings. The van der Waals surface area contributed by atoms with E-state index in [1.807, 2.05) is 42.5 Å². The zero-order chi connectivity index (χ0) is 22.3. The lowest BCUT2D eigenvalue weighted by Crippen LogP contribution is -2.48. The second-order valence-electron chi connectivity index (χ2n) is 7.67. The number of carbonyl (C=O) groups excluding carboxylic acids is 2. The van der Waals surface area contributed by atoms with Crippen molar-refractivity contribution in [1.82, 2.24) is 4.90 Å². The van der Waals surface area contributed by atoms with E-state index in [9.17, 15) is 14.7 Å². The lowest BCUT2D eigenvalue weighted by Gasteiger charge is -2.35. The number of hydrogen-bond donors (Lipinski definition) is 3. The van der Waals surface area contributed by atoms with Crippen LogP contribution < -0.4 is 15.5 Å². The summed E-state index contributed by atoms with van der Waals surface area (Å²) in [5.74, 6) is -0.173. The molecule has 1 aliphatic heterocycles. The van der Waals surface area contributed by atoms with Crippen LogP contribution >= 0.6 is 0 Å². The number of benzene rings is 3. The molecule has 0 aliphatic carbocycles. The van der Waals surface area contributed by atoms with Crippen LogP contribution in [0.2, 0.25) is 0 Å². The molecule has 0 unspecified atom stereocenters. The third-order valence-electron chi connectivity index (χ3n) is 5.44. The summed E-state index contributed by atoms with van der Waals surface area (Å²) in [7, 11) is 0. The Morgan fingerprint density at radius 3 is 2.19 bits per heavy atom. The van der Waals surface area contributed by atoms with Gasteiger partial charge in [0.25, 0.3) is 5.91 Å². The summed E-state index contributed by atoms with van der Waals surface area (Å²) in [6.45, 7) is 3.10. The summed E-state index contributed by atoms with van der Waals surface area (Å²) >= 11 is 0. The van der Waals surface area contributed by atoms with Crippen LogP contribution in [0.5, 0.6) is 5.75 Å². The highest BCUT2D eigenvalue weighted by Crippen LogP contribution is 2.27. The smallest absolute Gasteiger partial charge is 0.257 e. The van der Waals surface area contributed by atoms with E-state index in [0.717, 1.165) is 18.8 Å². The maximum Gasteiger partial charge on any atom is 0.257 e. The van der Waals surface area contributed by atoms with Gasteiger partial charge in [0.05, 0.1) is 23.5 Å². The van der Waals surface area contributed by atoms with Gasteiger partial charge in [-0.3, -0.25) is 14.5 Å². The fourth-order valence-corrected chi connectivity index (χ4v) is 3.78. The normalized spacial score (nSPS) is 14.1. The van der Waals surface area contributed by atoms with Gasteiger partial charge in [-0.25, -0.2) is 0 Å². The molecule has 7 heteroatoms. The van der Waals surface area contributed by atoms with E-state index in [1.165, 1.54) is 0 Å². The molecule has 0 atom stereocenters. The van der Waals surface area contributed by atoms with Crippen molar-refractivity contribution in [2.75, 3.05) is 48.3 Å². The number of para-hydroxylation sites is 4. The van der Waals surface area contributed by atoms with Crippen LogP contribution in [0, 0.1) is 0 Å². The molecule has 1 saturated heterocycles. The number of nitrogens with one attached hydrogen (secondary N) is 2. The zero-order valence-electron chi connectivity index (χ0n) is 17.7. The van der Waals surface area contributed by atoms with Crippen molar-refractivity contribution in [2.24, 2.45) is 0 Å². The summed E-state index contributed by atoms with van der Waals surface area (Å²) in [4.78, 5) is 29.6. The summed E-state index contributed by atoms with van der Waals surface area (Å²) in [5, 5.41) is 15.8. The molecule has 0 spiro atoms. The molecule has 0 aromatic heterocycles. The predicted octanol–water partition coefficient (Wildman–Crippen LogP) is 3.41. The van der Waals surface area contributed by atoms with Crippen molar-refractivity contribution < 1.29 is 14.7 Å². The molecule has 7 nitrogen and oxygen atoms in total. The maximum absolute atomic E-state index is 12.7. The summed E-state index contributed by atoms with van der Waals surface area (Å²) < 4.78 is 0. The first-order valence-electron chi connectivity index (χ1n) is 10.6. The van der Waals surface area contributed by atoms with Crippen molar-refractivity contribution >= 4 is 28.9 Å². The second kappa shape index (κ2) is 9.98. The van der Waals surface area contributed by atoms with Crippen LogP contribution in [0.4, 0.5) is 17.1 Å². The number of aromatic hydroxyl groups is 1. The Morgan fingerprint density at radius 2 is 1.44 bits per heavy atom. The van der Waals surface area contributed by atoms with Gasteiger partial charge in [-0.1, -0.05) is 42.5 Å². The number of nitrogens with zero attached hydrogens (tertiary/aromatic N) is 2. The van der Waals surface area contributed by atoms with Crippen molar-refractivity contribution in [3.05, 3.63) is 84.4 Å². The van der Waals surface area contributed by atoms with Crippen LogP contribution in [0.25, 0.3) is 0 Å². The molecule has 2 amide bonds. The molecule has 4 rings (SSSR count). The minimum atomic E-state index is -0.275. The Bertz CT molecular complexity index is 1080. The molecule has 32 heavy (non-hydrogen) atoms. The molecule has 3 N–H and O–H groups in total. The third-order valence-corrected chi connectivity index (χ3v) is 5.44. The maximum atomic E-state index is 12.7. The number of anilines is 3. The highest BCUT2D eigenvalue weighted by molar-refractivity contribution is 6.10. The average Bonchev–Trinajstić information content (AvgIpc) is 2.81. The molecule has 164 valence electrons. The summed E-state index contributed by atoms with van der Waals surface area (Å²) in [6, 6.07) is 23.5. The first-order valence-corrected chi connectivity index (χ1v) is 10.6. The fourth-order valence-electron chi connectivity index (χ4n) is 3.78. The third kappa shape index (κ3) is 5.25. The van der Waals surface area contributed by atoms with E-state index in [0.29, 0.717) is 30.0 Å². The molecule has 0 radical (unpaired) electrons. The summed E-state index contributed by atoms with van der Waals surface area (Å²) in [6.07, 6.45) is 0. The van der Waals surface area contributed by atoms with Crippen LogP contribution in [0.3, 0.4) is 0 Å². The number of hydrogen-bond acceptors (Lipinski definition) is 5. The largest absolute Gasteiger partial charge is 0.506 e. The Labute approximate surface area is 187 Å². The van der Waals surface area contributed by atoms with Crippen molar-refractivity contribution in [2.45, 2.75) is 0 Å². The molecular formula is C25H26N4O3. The van der Waals surface area contributed by atoms with E-state index >= 15 is 0 Å². The Balaban J connectivity index is 1.33.